The van der Waals surface area contributed by atoms with Crippen LogP contribution in [-0.2, 0) is 4.57 Å². The van der Waals surface area contributed by atoms with Gasteiger partial charge in [0.1, 0.15) is 5.30 Å². The third kappa shape index (κ3) is 1.85. The molecule has 2 aromatic rings. The SMILES string of the molecule is O=P(O)(O)c1cc2ccccc2[n+]([O-])c1. The van der Waals surface area contributed by atoms with Crippen LogP contribution in [0.1, 0.15) is 0 Å². The van der Waals surface area contributed by atoms with Crippen molar-refractivity contribution in [3.8, 4) is 0 Å². The lowest BCUT2D eigenvalue weighted by atomic mass is 10.2. The first-order chi connectivity index (χ1) is 6.98. The summed E-state index contributed by atoms with van der Waals surface area (Å²) in [6.45, 7) is 0. The molecule has 0 aliphatic carbocycles. The molecule has 15 heavy (non-hydrogen) atoms. The standard InChI is InChI=1S/C9H8NO4P/c11-10-6-8(15(12,13)14)5-7-3-1-2-4-9(7)10/h1-6H,(H2,12,13,14). The Morgan fingerprint density at radius 3 is 2.60 bits per heavy atom. The van der Waals surface area contributed by atoms with Gasteiger partial charge in [-0.2, -0.15) is 4.73 Å². The molecule has 0 amide bonds. The smallest absolute Gasteiger partial charge is 0.362 e. The molecule has 0 atom stereocenters. The molecule has 0 bridgehead atoms. The van der Waals surface area contributed by atoms with Crippen LogP contribution in [0, 0.1) is 5.21 Å². The summed E-state index contributed by atoms with van der Waals surface area (Å²) >= 11 is 0. The maximum Gasteiger partial charge on any atom is 0.362 e. The third-order valence-electron chi connectivity index (χ3n) is 2.06. The second-order valence-electron chi connectivity index (χ2n) is 3.13. The lowest BCUT2D eigenvalue weighted by Crippen LogP contribution is -2.31. The predicted octanol–water partition coefficient (Wildman–Crippen LogP) is 0.276. The number of fused-ring (bicyclic) bond motifs is 1. The zero-order chi connectivity index (χ0) is 11.1. The van der Waals surface area contributed by atoms with E-state index in [0.717, 1.165) is 6.20 Å². The van der Waals surface area contributed by atoms with Gasteiger partial charge in [0.2, 0.25) is 5.52 Å². The number of hydrogen-bond acceptors (Lipinski definition) is 2. The number of aromatic nitrogens is 1. The topological polar surface area (TPSA) is 84.5 Å². The van der Waals surface area contributed by atoms with Crippen LogP contribution >= 0.6 is 7.60 Å². The fraction of sp³-hybridized carbons (Fsp3) is 0. The van der Waals surface area contributed by atoms with E-state index in [1.54, 1.807) is 24.3 Å². The summed E-state index contributed by atoms with van der Waals surface area (Å²) < 4.78 is 11.4. The van der Waals surface area contributed by atoms with E-state index < -0.39 is 7.60 Å². The van der Waals surface area contributed by atoms with Crippen LogP contribution in [0.5, 0.6) is 0 Å². The highest BCUT2D eigenvalue weighted by atomic mass is 31.2. The van der Waals surface area contributed by atoms with E-state index in [4.69, 9.17) is 9.79 Å². The zero-order valence-electron chi connectivity index (χ0n) is 7.57. The Morgan fingerprint density at radius 1 is 1.27 bits per heavy atom. The van der Waals surface area contributed by atoms with Gasteiger partial charge in [0, 0.05) is 11.5 Å². The maximum absolute atomic E-state index is 11.4. The summed E-state index contributed by atoms with van der Waals surface area (Å²) in [4.78, 5) is 17.9. The van der Waals surface area contributed by atoms with Gasteiger partial charge in [-0.15, -0.1) is 0 Å². The molecule has 0 saturated carbocycles. The fourth-order valence-corrected chi connectivity index (χ4v) is 1.92. The van der Waals surface area contributed by atoms with Crippen molar-refractivity contribution in [1.29, 1.82) is 0 Å². The van der Waals surface area contributed by atoms with Crippen molar-refractivity contribution in [1.82, 2.24) is 0 Å². The van der Waals surface area contributed by atoms with Crippen molar-refractivity contribution in [2.24, 2.45) is 0 Å². The van der Waals surface area contributed by atoms with Crippen molar-refractivity contribution in [3.05, 3.63) is 41.7 Å². The van der Waals surface area contributed by atoms with E-state index >= 15 is 0 Å². The lowest BCUT2D eigenvalue weighted by molar-refractivity contribution is -0.576. The Labute approximate surface area is 85.3 Å². The molecule has 0 fully saturated rings. The summed E-state index contributed by atoms with van der Waals surface area (Å²) in [6, 6.07) is 7.93. The molecule has 78 valence electrons. The molecule has 6 heteroatoms. The summed E-state index contributed by atoms with van der Waals surface area (Å²) in [5, 5.41) is 11.7. The van der Waals surface area contributed by atoms with Gasteiger partial charge in [0.15, 0.2) is 6.20 Å². The number of benzene rings is 1. The molecule has 5 nitrogen and oxygen atoms in total. The summed E-state index contributed by atoms with van der Waals surface area (Å²) in [7, 11) is -4.37. The fourth-order valence-electron chi connectivity index (χ4n) is 1.36. The molecule has 1 aromatic carbocycles. The molecular formula is C9H8NO4P. The first-order valence-electron chi connectivity index (χ1n) is 4.16. The van der Waals surface area contributed by atoms with Crippen LogP contribution in [-0.4, -0.2) is 9.79 Å². The van der Waals surface area contributed by atoms with Crippen molar-refractivity contribution in [3.63, 3.8) is 0 Å². The maximum atomic E-state index is 11.4. The highest BCUT2D eigenvalue weighted by Gasteiger charge is 2.21. The molecule has 0 spiro atoms. The molecule has 0 radical (unpaired) electrons. The van der Waals surface area contributed by atoms with E-state index in [1.165, 1.54) is 6.07 Å². The minimum atomic E-state index is -4.37. The van der Waals surface area contributed by atoms with E-state index in [-0.39, 0.29) is 5.30 Å². The summed E-state index contributed by atoms with van der Waals surface area (Å²) in [5.74, 6) is 0. The van der Waals surface area contributed by atoms with Crippen molar-refractivity contribution < 1.29 is 19.1 Å². The van der Waals surface area contributed by atoms with Crippen LogP contribution < -0.4 is 10.0 Å². The Hall–Kier alpha value is -1.42. The molecule has 2 N–H and O–H groups in total. The summed E-state index contributed by atoms with van der Waals surface area (Å²) in [6.07, 6.45) is 0.906. The van der Waals surface area contributed by atoms with Gasteiger partial charge in [-0.3, -0.25) is 4.57 Å². The van der Waals surface area contributed by atoms with Gasteiger partial charge in [-0.1, -0.05) is 12.1 Å². The number of pyridine rings is 1. The second kappa shape index (κ2) is 3.31. The molecule has 0 aliphatic heterocycles. The molecule has 1 heterocycles. The predicted molar refractivity (Wildman–Crippen MR) is 54.6 cm³/mol. The average Bonchev–Trinajstić information content (AvgIpc) is 2.16. The van der Waals surface area contributed by atoms with Crippen molar-refractivity contribution in [2.75, 3.05) is 0 Å². The Bertz CT molecular complexity index is 563. The van der Waals surface area contributed by atoms with Crippen LogP contribution in [0.15, 0.2) is 36.5 Å². The Morgan fingerprint density at radius 2 is 1.93 bits per heavy atom. The van der Waals surface area contributed by atoms with Gasteiger partial charge >= 0.3 is 7.60 Å². The van der Waals surface area contributed by atoms with Crippen molar-refractivity contribution in [2.45, 2.75) is 0 Å². The van der Waals surface area contributed by atoms with Crippen molar-refractivity contribution >= 4 is 23.8 Å². The summed E-state index contributed by atoms with van der Waals surface area (Å²) in [5.41, 5.74) is 0.384. The minimum absolute atomic E-state index is 0.267. The van der Waals surface area contributed by atoms with E-state index in [1.807, 2.05) is 0 Å². The largest absolute Gasteiger partial charge is 0.618 e. The normalized spacial score (nSPS) is 11.9. The highest BCUT2D eigenvalue weighted by Crippen LogP contribution is 2.33. The number of hydrogen-bond donors (Lipinski definition) is 2. The van der Waals surface area contributed by atoms with Crippen LogP contribution in [0.2, 0.25) is 0 Å². The zero-order valence-corrected chi connectivity index (χ0v) is 8.46. The van der Waals surface area contributed by atoms with E-state index in [0.29, 0.717) is 15.6 Å². The van der Waals surface area contributed by atoms with Gasteiger partial charge in [-0.25, -0.2) is 0 Å². The average molecular weight is 225 g/mol. The monoisotopic (exact) mass is 225 g/mol. The van der Waals surface area contributed by atoms with Crippen LogP contribution in [0.3, 0.4) is 0 Å². The quantitative estimate of drug-likeness (QED) is 0.414. The third-order valence-corrected chi connectivity index (χ3v) is 2.98. The van der Waals surface area contributed by atoms with Crippen LogP contribution in [0.4, 0.5) is 0 Å². The number of rotatable bonds is 1. The van der Waals surface area contributed by atoms with E-state index in [9.17, 15) is 9.77 Å². The molecule has 1 aromatic heterocycles. The lowest BCUT2D eigenvalue weighted by Gasteiger charge is -2.06. The molecular weight excluding hydrogens is 217 g/mol. The van der Waals surface area contributed by atoms with Crippen LogP contribution in [0.25, 0.3) is 10.9 Å². The van der Waals surface area contributed by atoms with Gasteiger partial charge < -0.3 is 15.0 Å². The van der Waals surface area contributed by atoms with Gasteiger partial charge in [0.25, 0.3) is 0 Å². The number of nitrogens with zero attached hydrogens (tertiary/aromatic N) is 1. The Balaban J connectivity index is 2.79. The Kier molecular flexibility index (Phi) is 2.23. The second-order valence-corrected chi connectivity index (χ2v) is 4.73. The minimum Gasteiger partial charge on any atom is -0.618 e. The van der Waals surface area contributed by atoms with Gasteiger partial charge in [0.05, 0.1) is 0 Å². The first-order valence-corrected chi connectivity index (χ1v) is 5.78. The molecule has 0 unspecified atom stereocenters. The first kappa shape index (κ1) is 10.1. The molecule has 2 rings (SSSR count). The molecule has 0 aliphatic rings. The molecule has 0 saturated heterocycles. The number of para-hydroxylation sites is 1. The van der Waals surface area contributed by atoms with Gasteiger partial charge in [-0.05, 0) is 12.1 Å². The highest BCUT2D eigenvalue weighted by molar-refractivity contribution is 7.60. The van der Waals surface area contributed by atoms with E-state index in [2.05, 4.69) is 0 Å².